The van der Waals surface area contributed by atoms with Crippen LogP contribution in [-0.4, -0.2) is 19.3 Å². The monoisotopic (exact) mass is 341 g/mol. The Morgan fingerprint density at radius 1 is 0.800 bits per heavy atom. The summed E-state index contributed by atoms with van der Waals surface area (Å²) in [4.78, 5) is 0. The summed E-state index contributed by atoms with van der Waals surface area (Å²) in [5, 5.41) is 3.41. The van der Waals surface area contributed by atoms with Crippen molar-refractivity contribution in [3.8, 4) is 11.5 Å². The molecule has 0 fully saturated rings. The molecule has 1 atom stereocenters. The van der Waals surface area contributed by atoms with Crippen molar-refractivity contribution in [1.82, 2.24) is 0 Å². The lowest BCUT2D eigenvalue weighted by molar-refractivity contribution is 0.234. The first-order valence-corrected chi connectivity index (χ1v) is 9.17. The maximum Gasteiger partial charge on any atom is 0.119 e. The first kappa shape index (κ1) is 19.2. The van der Waals surface area contributed by atoms with Gasteiger partial charge in [0, 0.05) is 5.69 Å². The number of hydrogen-bond donors (Lipinski definition) is 1. The van der Waals surface area contributed by atoms with Gasteiger partial charge in [-0.15, -0.1) is 0 Å². The van der Waals surface area contributed by atoms with Gasteiger partial charge >= 0.3 is 0 Å². The van der Waals surface area contributed by atoms with Gasteiger partial charge in [-0.1, -0.05) is 39.8 Å². The second kappa shape index (κ2) is 9.36. The van der Waals surface area contributed by atoms with Gasteiger partial charge < -0.3 is 14.8 Å². The summed E-state index contributed by atoms with van der Waals surface area (Å²) >= 11 is 0. The van der Waals surface area contributed by atoms with Gasteiger partial charge in [0.05, 0.1) is 13.2 Å². The van der Waals surface area contributed by atoms with Gasteiger partial charge in [0.1, 0.15) is 17.6 Å². The van der Waals surface area contributed by atoms with Crippen LogP contribution in [0.1, 0.15) is 46.1 Å². The molecule has 0 bridgehead atoms. The van der Waals surface area contributed by atoms with E-state index in [0.717, 1.165) is 30.3 Å². The van der Waals surface area contributed by atoms with Crippen LogP contribution in [-0.2, 0) is 0 Å². The summed E-state index contributed by atoms with van der Waals surface area (Å²) in [5.41, 5.74) is 2.40. The standard InChI is InChI=1S/C22H31NO2/c1-16(2)15-24-21-12-8-20(9-13-21)23-14-18(5)25-22-10-6-19(7-11-22)17(3)4/h6-13,16-18,23H,14-15H2,1-5H3/t18-/m0/s1. The minimum Gasteiger partial charge on any atom is -0.493 e. The Hall–Kier alpha value is -2.16. The van der Waals surface area contributed by atoms with Crippen molar-refractivity contribution in [1.29, 1.82) is 0 Å². The molecule has 0 amide bonds. The fourth-order valence-corrected chi connectivity index (χ4v) is 2.40. The van der Waals surface area contributed by atoms with E-state index < -0.39 is 0 Å². The molecule has 0 aliphatic carbocycles. The fourth-order valence-electron chi connectivity index (χ4n) is 2.40. The Bertz CT molecular complexity index is 617. The van der Waals surface area contributed by atoms with Crippen LogP contribution < -0.4 is 14.8 Å². The molecule has 1 N–H and O–H groups in total. The van der Waals surface area contributed by atoms with Crippen LogP contribution in [0.2, 0.25) is 0 Å². The lowest BCUT2D eigenvalue weighted by Gasteiger charge is -2.17. The van der Waals surface area contributed by atoms with Crippen LogP contribution in [0.15, 0.2) is 48.5 Å². The van der Waals surface area contributed by atoms with Gasteiger partial charge in [-0.2, -0.15) is 0 Å². The molecule has 3 heteroatoms. The first-order valence-electron chi connectivity index (χ1n) is 9.17. The average Bonchev–Trinajstić information content (AvgIpc) is 2.59. The molecule has 0 saturated heterocycles. The highest BCUT2D eigenvalue weighted by Gasteiger charge is 2.06. The van der Waals surface area contributed by atoms with Crippen LogP contribution in [0.4, 0.5) is 5.69 Å². The van der Waals surface area contributed by atoms with Gasteiger partial charge in [0.25, 0.3) is 0 Å². The Labute approximate surface area is 152 Å². The Morgan fingerprint density at radius 3 is 1.96 bits per heavy atom. The zero-order valence-corrected chi connectivity index (χ0v) is 16.1. The van der Waals surface area contributed by atoms with E-state index in [1.807, 2.05) is 36.4 Å². The van der Waals surface area contributed by atoms with Crippen LogP contribution >= 0.6 is 0 Å². The molecule has 0 spiro atoms. The van der Waals surface area contributed by atoms with E-state index in [2.05, 4.69) is 52.1 Å². The van der Waals surface area contributed by atoms with Crippen molar-refractivity contribution in [3.63, 3.8) is 0 Å². The van der Waals surface area contributed by atoms with E-state index in [9.17, 15) is 0 Å². The normalized spacial score (nSPS) is 12.3. The topological polar surface area (TPSA) is 30.5 Å². The highest BCUT2D eigenvalue weighted by molar-refractivity contribution is 5.46. The molecular formula is C22H31NO2. The molecule has 0 aliphatic heterocycles. The van der Waals surface area contributed by atoms with Crippen molar-refractivity contribution < 1.29 is 9.47 Å². The third-order valence-electron chi connectivity index (χ3n) is 3.92. The van der Waals surface area contributed by atoms with Gasteiger partial charge in [-0.05, 0) is 60.7 Å². The van der Waals surface area contributed by atoms with Gasteiger partial charge in [-0.25, -0.2) is 0 Å². The highest BCUT2D eigenvalue weighted by atomic mass is 16.5. The Balaban J connectivity index is 1.78. The Kier molecular flexibility index (Phi) is 7.17. The third-order valence-corrected chi connectivity index (χ3v) is 3.92. The molecule has 0 radical (unpaired) electrons. The maximum absolute atomic E-state index is 5.97. The summed E-state index contributed by atoms with van der Waals surface area (Å²) in [5.74, 6) is 2.90. The molecular weight excluding hydrogens is 310 g/mol. The quantitative estimate of drug-likeness (QED) is 0.632. The fraction of sp³-hybridized carbons (Fsp3) is 0.455. The molecule has 25 heavy (non-hydrogen) atoms. The smallest absolute Gasteiger partial charge is 0.119 e. The number of rotatable bonds is 9. The summed E-state index contributed by atoms with van der Waals surface area (Å²) < 4.78 is 11.7. The second-order valence-electron chi connectivity index (χ2n) is 7.26. The van der Waals surface area contributed by atoms with E-state index in [4.69, 9.17) is 9.47 Å². The van der Waals surface area contributed by atoms with Crippen LogP contribution in [0.3, 0.4) is 0 Å². The van der Waals surface area contributed by atoms with Crippen molar-refractivity contribution in [2.24, 2.45) is 5.92 Å². The zero-order chi connectivity index (χ0) is 18.2. The van der Waals surface area contributed by atoms with Crippen molar-refractivity contribution in [3.05, 3.63) is 54.1 Å². The average molecular weight is 341 g/mol. The minimum atomic E-state index is 0.0850. The lowest BCUT2D eigenvalue weighted by atomic mass is 10.0. The van der Waals surface area contributed by atoms with E-state index in [1.54, 1.807) is 0 Å². The number of ether oxygens (including phenoxy) is 2. The molecule has 2 aromatic rings. The predicted molar refractivity (Wildman–Crippen MR) is 106 cm³/mol. The van der Waals surface area contributed by atoms with E-state index >= 15 is 0 Å². The van der Waals surface area contributed by atoms with Crippen LogP contribution in [0.5, 0.6) is 11.5 Å². The van der Waals surface area contributed by atoms with E-state index in [1.165, 1.54) is 5.56 Å². The third kappa shape index (κ3) is 6.69. The summed E-state index contributed by atoms with van der Waals surface area (Å²) in [7, 11) is 0. The predicted octanol–water partition coefficient (Wildman–Crippen LogP) is 5.72. The highest BCUT2D eigenvalue weighted by Crippen LogP contribution is 2.20. The molecule has 3 nitrogen and oxygen atoms in total. The summed E-state index contributed by atoms with van der Waals surface area (Å²) in [6.45, 7) is 12.2. The number of nitrogens with one attached hydrogen (secondary N) is 1. The van der Waals surface area contributed by atoms with E-state index in [-0.39, 0.29) is 6.10 Å². The summed E-state index contributed by atoms with van der Waals surface area (Å²) in [6.07, 6.45) is 0.0850. The number of hydrogen-bond acceptors (Lipinski definition) is 3. The molecule has 136 valence electrons. The number of benzene rings is 2. The van der Waals surface area contributed by atoms with Gasteiger partial charge in [0.15, 0.2) is 0 Å². The largest absolute Gasteiger partial charge is 0.493 e. The molecule has 0 heterocycles. The Morgan fingerprint density at radius 2 is 1.40 bits per heavy atom. The summed E-state index contributed by atoms with van der Waals surface area (Å²) in [6, 6.07) is 16.5. The van der Waals surface area contributed by atoms with Crippen LogP contribution in [0.25, 0.3) is 0 Å². The molecule has 2 rings (SSSR count). The lowest BCUT2D eigenvalue weighted by Crippen LogP contribution is -2.22. The number of anilines is 1. The molecule has 0 saturated carbocycles. The minimum absolute atomic E-state index is 0.0850. The second-order valence-corrected chi connectivity index (χ2v) is 7.26. The molecule has 0 aromatic heterocycles. The zero-order valence-electron chi connectivity index (χ0n) is 16.1. The van der Waals surface area contributed by atoms with Gasteiger partial charge in [0.2, 0.25) is 0 Å². The maximum atomic E-state index is 5.97. The van der Waals surface area contributed by atoms with E-state index in [0.29, 0.717) is 11.8 Å². The van der Waals surface area contributed by atoms with Crippen molar-refractivity contribution in [2.75, 3.05) is 18.5 Å². The molecule has 0 unspecified atom stereocenters. The van der Waals surface area contributed by atoms with Crippen molar-refractivity contribution >= 4 is 5.69 Å². The first-order chi connectivity index (χ1) is 11.9. The molecule has 2 aromatic carbocycles. The SMILES string of the molecule is CC(C)COc1ccc(NC[C@H](C)Oc2ccc(C(C)C)cc2)cc1. The van der Waals surface area contributed by atoms with Gasteiger partial charge in [-0.3, -0.25) is 0 Å². The van der Waals surface area contributed by atoms with Crippen molar-refractivity contribution in [2.45, 2.75) is 46.6 Å². The van der Waals surface area contributed by atoms with Crippen LogP contribution in [0, 0.1) is 5.92 Å². The molecule has 0 aliphatic rings.